The van der Waals surface area contributed by atoms with Gasteiger partial charge < -0.3 is 10.5 Å². The van der Waals surface area contributed by atoms with E-state index in [1.807, 2.05) is 0 Å². The van der Waals surface area contributed by atoms with E-state index in [9.17, 15) is 13.2 Å². The fourth-order valence-electron chi connectivity index (χ4n) is 0.723. The standard InChI is InChI=1S/C7H5ClF3NO/c8-5-2-1-4(12)3-6(5)13-7(9,10)11/h1-3H,12H2. The highest BCUT2D eigenvalue weighted by Gasteiger charge is 2.32. The highest BCUT2D eigenvalue weighted by molar-refractivity contribution is 6.32. The molecule has 0 fully saturated rings. The summed E-state index contributed by atoms with van der Waals surface area (Å²) in [7, 11) is 0. The summed E-state index contributed by atoms with van der Waals surface area (Å²) in [4.78, 5) is 0. The van der Waals surface area contributed by atoms with Crippen LogP contribution in [0.2, 0.25) is 5.02 Å². The summed E-state index contributed by atoms with van der Waals surface area (Å²) in [6.07, 6.45) is -4.75. The van der Waals surface area contributed by atoms with Crippen molar-refractivity contribution in [2.45, 2.75) is 6.36 Å². The number of nitrogen functional groups attached to an aromatic ring is 1. The summed E-state index contributed by atoms with van der Waals surface area (Å²) >= 11 is 5.42. The lowest BCUT2D eigenvalue weighted by Gasteiger charge is -2.10. The lowest BCUT2D eigenvalue weighted by Crippen LogP contribution is -2.17. The zero-order chi connectivity index (χ0) is 10.1. The van der Waals surface area contributed by atoms with Crippen LogP contribution < -0.4 is 10.5 Å². The smallest absolute Gasteiger partial charge is 0.404 e. The summed E-state index contributed by atoms with van der Waals surface area (Å²) in [5.41, 5.74) is 5.40. The van der Waals surface area contributed by atoms with Crippen molar-refractivity contribution in [1.82, 2.24) is 0 Å². The Balaban J connectivity index is 2.94. The lowest BCUT2D eigenvalue weighted by atomic mass is 10.3. The molecule has 0 heterocycles. The second-order valence-electron chi connectivity index (χ2n) is 2.24. The number of anilines is 1. The molecule has 0 amide bonds. The molecule has 0 aliphatic rings. The number of nitrogens with two attached hydrogens (primary N) is 1. The number of ether oxygens (including phenoxy) is 1. The third-order valence-electron chi connectivity index (χ3n) is 1.18. The van der Waals surface area contributed by atoms with Crippen molar-refractivity contribution in [2.75, 3.05) is 5.73 Å². The Kier molecular flexibility index (Phi) is 2.56. The Labute approximate surface area is 77.0 Å². The van der Waals surface area contributed by atoms with E-state index < -0.39 is 12.1 Å². The Hall–Kier alpha value is -1.10. The maximum absolute atomic E-state index is 11.7. The maximum atomic E-state index is 11.7. The molecular formula is C7H5ClF3NO. The largest absolute Gasteiger partial charge is 0.573 e. The minimum Gasteiger partial charge on any atom is -0.404 e. The van der Waals surface area contributed by atoms with E-state index in [4.69, 9.17) is 17.3 Å². The Morgan fingerprint density at radius 1 is 1.31 bits per heavy atom. The van der Waals surface area contributed by atoms with E-state index in [0.717, 1.165) is 6.07 Å². The fraction of sp³-hybridized carbons (Fsp3) is 0.143. The fourth-order valence-corrected chi connectivity index (χ4v) is 0.879. The zero-order valence-electron chi connectivity index (χ0n) is 6.23. The minimum absolute atomic E-state index is 0.133. The molecule has 2 nitrogen and oxygen atoms in total. The molecular weight excluding hydrogens is 207 g/mol. The van der Waals surface area contributed by atoms with E-state index >= 15 is 0 Å². The SMILES string of the molecule is Nc1ccc(Cl)c(OC(F)(F)F)c1. The molecule has 1 aromatic carbocycles. The van der Waals surface area contributed by atoms with Gasteiger partial charge in [-0.2, -0.15) is 0 Å². The highest BCUT2D eigenvalue weighted by Crippen LogP contribution is 2.31. The Bertz CT molecular complexity index is 313. The van der Waals surface area contributed by atoms with Crippen LogP contribution in [0.3, 0.4) is 0 Å². The van der Waals surface area contributed by atoms with Crippen LogP contribution in [0.25, 0.3) is 0 Å². The molecule has 0 aromatic heterocycles. The summed E-state index contributed by atoms with van der Waals surface area (Å²) in [5, 5.41) is -0.133. The van der Waals surface area contributed by atoms with Crippen LogP contribution >= 0.6 is 11.6 Å². The molecule has 0 bridgehead atoms. The van der Waals surface area contributed by atoms with Crippen molar-refractivity contribution in [1.29, 1.82) is 0 Å². The molecule has 13 heavy (non-hydrogen) atoms. The number of hydrogen-bond acceptors (Lipinski definition) is 2. The van der Waals surface area contributed by atoms with Crippen LogP contribution in [0, 0.1) is 0 Å². The average molecular weight is 212 g/mol. The van der Waals surface area contributed by atoms with E-state index in [0.29, 0.717) is 0 Å². The van der Waals surface area contributed by atoms with Gasteiger partial charge in [0.15, 0.2) is 0 Å². The predicted molar refractivity (Wildman–Crippen MR) is 42.5 cm³/mol. The van der Waals surface area contributed by atoms with Crippen molar-refractivity contribution >= 4 is 17.3 Å². The first-order valence-electron chi connectivity index (χ1n) is 3.19. The molecule has 0 saturated heterocycles. The van der Waals surface area contributed by atoms with Crippen LogP contribution in [0.5, 0.6) is 5.75 Å². The monoisotopic (exact) mass is 211 g/mol. The van der Waals surface area contributed by atoms with Crippen molar-refractivity contribution in [3.63, 3.8) is 0 Å². The van der Waals surface area contributed by atoms with Crippen LogP contribution in [0.1, 0.15) is 0 Å². The molecule has 6 heteroatoms. The van der Waals surface area contributed by atoms with Gasteiger partial charge in [0.05, 0.1) is 5.02 Å². The third kappa shape index (κ3) is 3.02. The average Bonchev–Trinajstić information content (AvgIpc) is 1.94. The Morgan fingerprint density at radius 2 is 1.92 bits per heavy atom. The Morgan fingerprint density at radius 3 is 2.46 bits per heavy atom. The summed E-state index contributed by atoms with van der Waals surface area (Å²) in [6, 6.07) is 3.62. The molecule has 0 unspecified atom stereocenters. The van der Waals surface area contributed by atoms with Crippen LogP contribution in [0.4, 0.5) is 18.9 Å². The van der Waals surface area contributed by atoms with Crippen molar-refractivity contribution < 1.29 is 17.9 Å². The third-order valence-corrected chi connectivity index (χ3v) is 1.49. The van der Waals surface area contributed by atoms with Gasteiger partial charge in [0.25, 0.3) is 0 Å². The van der Waals surface area contributed by atoms with E-state index in [-0.39, 0.29) is 10.7 Å². The van der Waals surface area contributed by atoms with Crippen molar-refractivity contribution in [2.24, 2.45) is 0 Å². The van der Waals surface area contributed by atoms with Gasteiger partial charge in [-0.1, -0.05) is 11.6 Å². The summed E-state index contributed by atoms with van der Waals surface area (Å²) in [5.74, 6) is -0.492. The van der Waals surface area contributed by atoms with Crippen LogP contribution in [-0.2, 0) is 0 Å². The van der Waals surface area contributed by atoms with Gasteiger partial charge in [0.1, 0.15) is 5.75 Å². The second kappa shape index (κ2) is 3.33. The van der Waals surface area contributed by atoms with E-state index in [1.165, 1.54) is 12.1 Å². The zero-order valence-corrected chi connectivity index (χ0v) is 6.99. The number of hydrogen-bond donors (Lipinski definition) is 1. The van der Waals surface area contributed by atoms with Gasteiger partial charge in [0, 0.05) is 11.8 Å². The van der Waals surface area contributed by atoms with E-state index in [2.05, 4.69) is 4.74 Å². The number of benzene rings is 1. The van der Waals surface area contributed by atoms with E-state index in [1.54, 1.807) is 0 Å². The van der Waals surface area contributed by atoms with Gasteiger partial charge in [-0.15, -0.1) is 13.2 Å². The number of alkyl halides is 3. The topological polar surface area (TPSA) is 35.2 Å². The van der Waals surface area contributed by atoms with Crippen LogP contribution in [0.15, 0.2) is 18.2 Å². The normalized spacial score (nSPS) is 11.4. The highest BCUT2D eigenvalue weighted by atomic mass is 35.5. The molecule has 1 rings (SSSR count). The molecule has 1 aromatic rings. The minimum atomic E-state index is -4.75. The summed E-state index contributed by atoms with van der Waals surface area (Å²) < 4.78 is 38.8. The quantitative estimate of drug-likeness (QED) is 0.725. The molecule has 2 N–H and O–H groups in total. The predicted octanol–water partition coefficient (Wildman–Crippen LogP) is 2.82. The van der Waals surface area contributed by atoms with Crippen molar-refractivity contribution in [3.8, 4) is 5.75 Å². The maximum Gasteiger partial charge on any atom is 0.573 e. The van der Waals surface area contributed by atoms with Gasteiger partial charge in [-0.05, 0) is 12.1 Å². The molecule has 0 aliphatic carbocycles. The first-order chi connectivity index (χ1) is 5.88. The first kappa shape index (κ1) is 9.98. The first-order valence-corrected chi connectivity index (χ1v) is 3.57. The molecule has 0 spiro atoms. The van der Waals surface area contributed by atoms with Gasteiger partial charge >= 0.3 is 6.36 Å². The molecule has 72 valence electrons. The number of rotatable bonds is 1. The summed E-state index contributed by atoms with van der Waals surface area (Å²) in [6.45, 7) is 0. The van der Waals surface area contributed by atoms with Crippen molar-refractivity contribution in [3.05, 3.63) is 23.2 Å². The van der Waals surface area contributed by atoms with Gasteiger partial charge in [0.2, 0.25) is 0 Å². The molecule has 0 radical (unpaired) electrons. The molecule has 0 aliphatic heterocycles. The molecule has 0 atom stereocenters. The van der Waals surface area contributed by atoms with Gasteiger partial charge in [-0.25, -0.2) is 0 Å². The lowest BCUT2D eigenvalue weighted by molar-refractivity contribution is -0.274. The van der Waals surface area contributed by atoms with Gasteiger partial charge in [-0.3, -0.25) is 0 Å². The van der Waals surface area contributed by atoms with Crippen LogP contribution in [-0.4, -0.2) is 6.36 Å². The molecule has 0 saturated carbocycles. The number of halogens is 4. The second-order valence-corrected chi connectivity index (χ2v) is 2.64.